The predicted molar refractivity (Wildman–Crippen MR) is 57.8 cm³/mol. The molecule has 1 aromatic carbocycles. The summed E-state index contributed by atoms with van der Waals surface area (Å²) >= 11 is 3.23. The molecule has 0 aliphatic carbocycles. The minimum Gasteiger partial charge on any atom is -0.300 e. The van der Waals surface area contributed by atoms with Crippen molar-refractivity contribution < 1.29 is 9.18 Å². The summed E-state index contributed by atoms with van der Waals surface area (Å²) in [5.74, 6) is -1.08. The minimum absolute atomic E-state index is 0.0855. The van der Waals surface area contributed by atoms with Crippen LogP contribution in [0.3, 0.4) is 0 Å². The first-order valence-electron chi connectivity index (χ1n) is 4.38. The van der Waals surface area contributed by atoms with Gasteiger partial charge in [-0.05, 0) is 30.7 Å². The highest BCUT2D eigenvalue weighted by Crippen LogP contribution is 2.27. The highest BCUT2D eigenvalue weighted by molar-refractivity contribution is 9.10. The topological polar surface area (TPSA) is 40.9 Å². The summed E-state index contributed by atoms with van der Waals surface area (Å²) in [7, 11) is 0. The van der Waals surface area contributed by atoms with Crippen LogP contribution in [-0.4, -0.2) is 5.78 Å². The number of benzene rings is 1. The van der Waals surface area contributed by atoms with Gasteiger partial charge in [0.25, 0.3) is 0 Å². The van der Waals surface area contributed by atoms with E-state index in [0.29, 0.717) is 10.0 Å². The Bertz CT molecular complexity index is 425. The average molecular weight is 270 g/mol. The lowest BCUT2D eigenvalue weighted by Crippen LogP contribution is -2.03. The first-order valence-corrected chi connectivity index (χ1v) is 5.18. The molecule has 15 heavy (non-hydrogen) atoms. The molecule has 0 amide bonds. The molecule has 0 radical (unpaired) electrons. The Labute approximate surface area is 95.8 Å². The van der Waals surface area contributed by atoms with Crippen LogP contribution in [0.5, 0.6) is 0 Å². The van der Waals surface area contributed by atoms with Gasteiger partial charge in [0.1, 0.15) is 11.6 Å². The standard InChI is InChI=1S/C11H9BrFNO/c1-7(15)4-8(6-14)10-5-9(13)2-3-11(10)12/h2-3,5,8H,4H2,1H3. The van der Waals surface area contributed by atoms with E-state index in [9.17, 15) is 9.18 Å². The molecule has 0 aromatic heterocycles. The lowest BCUT2D eigenvalue weighted by Gasteiger charge is -2.09. The Morgan fingerprint density at radius 1 is 1.67 bits per heavy atom. The van der Waals surface area contributed by atoms with Gasteiger partial charge in [-0.1, -0.05) is 15.9 Å². The summed E-state index contributed by atoms with van der Waals surface area (Å²) in [6.07, 6.45) is 0.110. The lowest BCUT2D eigenvalue weighted by molar-refractivity contribution is -0.117. The molecule has 0 fully saturated rings. The van der Waals surface area contributed by atoms with Crippen LogP contribution in [0.25, 0.3) is 0 Å². The van der Waals surface area contributed by atoms with Crippen molar-refractivity contribution >= 4 is 21.7 Å². The van der Waals surface area contributed by atoms with Gasteiger partial charge in [-0.2, -0.15) is 5.26 Å². The summed E-state index contributed by atoms with van der Waals surface area (Å²) < 4.78 is 13.6. The highest BCUT2D eigenvalue weighted by atomic mass is 79.9. The van der Waals surface area contributed by atoms with Crippen LogP contribution in [0.1, 0.15) is 24.8 Å². The van der Waals surface area contributed by atoms with Crippen LogP contribution < -0.4 is 0 Å². The van der Waals surface area contributed by atoms with Crippen LogP contribution in [0.4, 0.5) is 4.39 Å². The third-order valence-corrected chi connectivity index (χ3v) is 2.70. The van der Waals surface area contributed by atoms with Gasteiger partial charge in [-0.15, -0.1) is 0 Å². The third kappa shape index (κ3) is 3.14. The predicted octanol–water partition coefficient (Wildman–Crippen LogP) is 3.17. The van der Waals surface area contributed by atoms with Crippen molar-refractivity contribution in [2.45, 2.75) is 19.3 Å². The fraction of sp³-hybridized carbons (Fsp3) is 0.273. The monoisotopic (exact) mass is 269 g/mol. The van der Waals surface area contributed by atoms with Crippen molar-refractivity contribution in [3.63, 3.8) is 0 Å². The molecule has 0 saturated carbocycles. The van der Waals surface area contributed by atoms with E-state index in [-0.39, 0.29) is 12.2 Å². The van der Waals surface area contributed by atoms with Gasteiger partial charge in [0.05, 0.1) is 12.0 Å². The number of ketones is 1. The first-order chi connectivity index (χ1) is 7.04. The van der Waals surface area contributed by atoms with E-state index >= 15 is 0 Å². The Balaban J connectivity index is 3.07. The second-order valence-corrected chi connectivity index (χ2v) is 4.11. The fourth-order valence-corrected chi connectivity index (χ4v) is 1.82. The van der Waals surface area contributed by atoms with Crippen molar-refractivity contribution in [1.82, 2.24) is 0 Å². The SMILES string of the molecule is CC(=O)CC(C#N)c1cc(F)ccc1Br. The van der Waals surface area contributed by atoms with Crippen LogP contribution in [0, 0.1) is 17.1 Å². The van der Waals surface area contributed by atoms with Crippen molar-refractivity contribution in [3.05, 3.63) is 34.1 Å². The number of hydrogen-bond acceptors (Lipinski definition) is 2. The van der Waals surface area contributed by atoms with Crippen LogP contribution in [-0.2, 0) is 4.79 Å². The number of nitriles is 1. The molecule has 1 aromatic rings. The molecule has 78 valence electrons. The second-order valence-electron chi connectivity index (χ2n) is 3.25. The van der Waals surface area contributed by atoms with E-state index < -0.39 is 11.7 Å². The molecule has 0 aliphatic heterocycles. The van der Waals surface area contributed by atoms with E-state index in [4.69, 9.17) is 5.26 Å². The second kappa shape index (κ2) is 5.04. The number of nitrogens with zero attached hydrogens (tertiary/aromatic N) is 1. The van der Waals surface area contributed by atoms with Crippen molar-refractivity contribution in [1.29, 1.82) is 5.26 Å². The van der Waals surface area contributed by atoms with E-state index in [0.717, 1.165) is 0 Å². The maximum atomic E-state index is 13.0. The zero-order valence-electron chi connectivity index (χ0n) is 8.13. The van der Waals surface area contributed by atoms with Gasteiger partial charge >= 0.3 is 0 Å². The number of rotatable bonds is 3. The Hall–Kier alpha value is -1.21. The number of carbonyl (C=O) groups excluding carboxylic acids is 1. The molecule has 0 heterocycles. The van der Waals surface area contributed by atoms with Gasteiger partial charge < -0.3 is 0 Å². The molecule has 0 spiro atoms. The van der Waals surface area contributed by atoms with E-state index in [1.807, 2.05) is 6.07 Å². The van der Waals surface area contributed by atoms with E-state index in [1.165, 1.54) is 25.1 Å². The largest absolute Gasteiger partial charge is 0.300 e. The molecular formula is C11H9BrFNO. The van der Waals surface area contributed by atoms with Crippen molar-refractivity contribution in [2.24, 2.45) is 0 Å². The summed E-state index contributed by atoms with van der Waals surface area (Å²) in [6.45, 7) is 1.41. The molecule has 2 nitrogen and oxygen atoms in total. The van der Waals surface area contributed by atoms with Gasteiger partial charge in [-0.25, -0.2) is 4.39 Å². The number of carbonyl (C=O) groups is 1. The van der Waals surface area contributed by atoms with Crippen molar-refractivity contribution in [2.75, 3.05) is 0 Å². The van der Waals surface area contributed by atoms with Gasteiger partial charge in [0, 0.05) is 10.9 Å². The Kier molecular flexibility index (Phi) is 3.98. The van der Waals surface area contributed by atoms with Gasteiger partial charge in [0.2, 0.25) is 0 Å². The van der Waals surface area contributed by atoms with Gasteiger partial charge in [-0.3, -0.25) is 4.79 Å². The third-order valence-electron chi connectivity index (χ3n) is 1.98. The molecule has 1 unspecified atom stereocenters. The Morgan fingerprint density at radius 3 is 2.87 bits per heavy atom. The lowest BCUT2D eigenvalue weighted by atomic mass is 9.95. The minimum atomic E-state index is -0.590. The van der Waals surface area contributed by atoms with Crippen LogP contribution in [0.15, 0.2) is 22.7 Å². The summed E-state index contributed by atoms with van der Waals surface area (Å²) in [5, 5.41) is 8.90. The first kappa shape index (κ1) is 11.9. The van der Waals surface area contributed by atoms with E-state index in [1.54, 1.807) is 0 Å². The molecular weight excluding hydrogens is 261 g/mol. The molecule has 0 saturated heterocycles. The smallest absolute Gasteiger partial charge is 0.131 e. The summed E-state index contributed by atoms with van der Waals surface area (Å²) in [5.41, 5.74) is 0.521. The van der Waals surface area contributed by atoms with Crippen LogP contribution >= 0.6 is 15.9 Å². The van der Waals surface area contributed by atoms with Crippen LogP contribution in [0.2, 0.25) is 0 Å². The van der Waals surface area contributed by atoms with Gasteiger partial charge in [0.15, 0.2) is 0 Å². The normalized spacial score (nSPS) is 11.9. The summed E-state index contributed by atoms with van der Waals surface area (Å²) in [4.78, 5) is 10.9. The zero-order valence-corrected chi connectivity index (χ0v) is 9.71. The fourth-order valence-electron chi connectivity index (χ4n) is 1.29. The maximum absolute atomic E-state index is 13.0. The average Bonchev–Trinajstić information content (AvgIpc) is 2.18. The molecule has 1 atom stereocenters. The molecule has 0 bridgehead atoms. The van der Waals surface area contributed by atoms with E-state index in [2.05, 4.69) is 15.9 Å². The van der Waals surface area contributed by atoms with Crippen molar-refractivity contribution in [3.8, 4) is 6.07 Å². The highest BCUT2D eigenvalue weighted by Gasteiger charge is 2.16. The molecule has 1 rings (SSSR count). The number of halogens is 2. The Morgan fingerprint density at radius 2 is 2.33 bits per heavy atom. The molecule has 0 aliphatic rings. The summed E-state index contributed by atoms with van der Waals surface area (Å²) in [6, 6.07) is 6.12. The zero-order chi connectivity index (χ0) is 11.4. The maximum Gasteiger partial charge on any atom is 0.131 e. The quantitative estimate of drug-likeness (QED) is 0.846. The molecule has 4 heteroatoms. The molecule has 0 N–H and O–H groups in total. The number of Topliss-reactive ketones (excluding diaryl/α,β-unsaturated/α-hetero) is 1. The number of hydrogen-bond donors (Lipinski definition) is 0.